The third kappa shape index (κ3) is 1.80. The molecule has 0 unspecified atom stereocenters. The molecule has 0 spiro atoms. The van der Waals surface area contributed by atoms with E-state index in [1.165, 1.54) is 5.56 Å². The van der Waals surface area contributed by atoms with Crippen LogP contribution in [0.4, 0.5) is 0 Å². The average Bonchev–Trinajstić information content (AvgIpc) is 2.19. The van der Waals surface area contributed by atoms with Crippen LogP contribution in [0.1, 0.15) is 24.1 Å². The van der Waals surface area contributed by atoms with E-state index in [0.717, 1.165) is 35.3 Å². The summed E-state index contributed by atoms with van der Waals surface area (Å²) in [7, 11) is 1.57. The molecule has 0 radical (unpaired) electrons. The summed E-state index contributed by atoms with van der Waals surface area (Å²) in [6.45, 7) is 0. The molecule has 74 valence electrons. The summed E-state index contributed by atoms with van der Waals surface area (Å²) in [5.41, 5.74) is 3.19. The highest BCUT2D eigenvalue weighted by Crippen LogP contribution is 2.22. The van der Waals surface area contributed by atoms with Gasteiger partial charge in [-0.3, -0.25) is 0 Å². The highest BCUT2D eigenvalue weighted by molar-refractivity contribution is 9.10. The Morgan fingerprint density at radius 1 is 1.43 bits per heavy atom. The van der Waals surface area contributed by atoms with E-state index >= 15 is 0 Å². The Balaban J connectivity index is 2.47. The summed E-state index contributed by atoms with van der Waals surface area (Å²) in [5.74, 6) is 0. The second-order valence-electron chi connectivity index (χ2n) is 3.22. The molecule has 2 rings (SSSR count). The Morgan fingerprint density at radius 2 is 2.29 bits per heavy atom. The summed E-state index contributed by atoms with van der Waals surface area (Å²) >= 11 is 3.36. The molecule has 0 saturated carbocycles. The van der Waals surface area contributed by atoms with E-state index in [9.17, 15) is 0 Å². The molecule has 3 nitrogen and oxygen atoms in total. The first kappa shape index (κ1) is 9.65. The van der Waals surface area contributed by atoms with Crippen LogP contribution in [0, 0.1) is 0 Å². The molecule has 0 amide bonds. The molecular formula is C10H11BrN2O. The zero-order valence-electron chi connectivity index (χ0n) is 7.96. The monoisotopic (exact) mass is 254 g/mol. The molecule has 0 aromatic carbocycles. The summed E-state index contributed by atoms with van der Waals surface area (Å²) in [6.07, 6.45) is 3.15. The van der Waals surface area contributed by atoms with Crippen LogP contribution in [0.2, 0.25) is 0 Å². The second kappa shape index (κ2) is 4.09. The third-order valence-electron chi connectivity index (χ3n) is 2.28. The van der Waals surface area contributed by atoms with Gasteiger partial charge in [0.15, 0.2) is 0 Å². The number of aromatic nitrogens is 1. The van der Waals surface area contributed by atoms with E-state index in [0.29, 0.717) is 0 Å². The van der Waals surface area contributed by atoms with E-state index in [1.54, 1.807) is 7.11 Å². The van der Waals surface area contributed by atoms with Crippen molar-refractivity contribution in [1.82, 2.24) is 4.98 Å². The van der Waals surface area contributed by atoms with E-state index < -0.39 is 0 Å². The van der Waals surface area contributed by atoms with Gasteiger partial charge in [0.1, 0.15) is 17.4 Å². The molecule has 4 heteroatoms. The number of fused-ring (bicyclic) bond motifs is 1. The fraction of sp³-hybridized carbons (Fsp3) is 0.400. The predicted octanol–water partition coefficient (Wildman–Crippen LogP) is 2.53. The number of oxime groups is 1. The minimum absolute atomic E-state index is 0.849. The molecule has 0 aliphatic heterocycles. The van der Waals surface area contributed by atoms with E-state index in [4.69, 9.17) is 4.84 Å². The first-order valence-electron chi connectivity index (χ1n) is 4.57. The lowest BCUT2D eigenvalue weighted by atomic mass is 9.95. The van der Waals surface area contributed by atoms with Gasteiger partial charge in [-0.1, -0.05) is 11.2 Å². The number of hydrogen-bond donors (Lipinski definition) is 0. The Labute approximate surface area is 91.3 Å². The summed E-state index contributed by atoms with van der Waals surface area (Å²) in [5, 5.41) is 4.00. The lowest BCUT2D eigenvalue weighted by Gasteiger charge is -2.15. The van der Waals surface area contributed by atoms with Crippen molar-refractivity contribution in [1.29, 1.82) is 0 Å². The van der Waals surface area contributed by atoms with Crippen molar-refractivity contribution in [3.63, 3.8) is 0 Å². The second-order valence-corrected chi connectivity index (χ2v) is 4.03. The van der Waals surface area contributed by atoms with Gasteiger partial charge >= 0.3 is 0 Å². The number of hydrogen-bond acceptors (Lipinski definition) is 3. The normalized spacial score (nSPS) is 18.0. The molecule has 0 fully saturated rings. The van der Waals surface area contributed by atoms with Crippen LogP contribution in [-0.4, -0.2) is 17.8 Å². The lowest BCUT2D eigenvalue weighted by Crippen LogP contribution is -2.14. The zero-order valence-corrected chi connectivity index (χ0v) is 9.54. The van der Waals surface area contributed by atoms with Gasteiger partial charge in [-0.25, -0.2) is 4.98 Å². The molecule has 0 bridgehead atoms. The molecule has 0 N–H and O–H groups in total. The minimum atomic E-state index is 0.849. The smallest absolute Gasteiger partial charge is 0.106 e. The first-order chi connectivity index (χ1) is 6.81. The molecule has 0 saturated heterocycles. The summed E-state index contributed by atoms with van der Waals surface area (Å²) in [6, 6.07) is 4.06. The van der Waals surface area contributed by atoms with Gasteiger partial charge in [-0.05, 0) is 46.8 Å². The standard InChI is InChI=1S/C10H11BrN2O/c1-14-13-8-4-2-3-7-5-6-9(11)12-10(7)8/h5-6H,2-4H2,1H3. The van der Waals surface area contributed by atoms with Gasteiger partial charge in [-0.15, -0.1) is 0 Å². The number of halogens is 1. The van der Waals surface area contributed by atoms with Crippen LogP contribution >= 0.6 is 15.9 Å². The van der Waals surface area contributed by atoms with Crippen molar-refractivity contribution in [2.45, 2.75) is 19.3 Å². The van der Waals surface area contributed by atoms with Gasteiger partial charge in [0.05, 0.1) is 5.69 Å². The van der Waals surface area contributed by atoms with Crippen LogP contribution in [0.25, 0.3) is 0 Å². The zero-order chi connectivity index (χ0) is 9.97. The number of rotatable bonds is 1. The van der Waals surface area contributed by atoms with Crippen LogP contribution in [-0.2, 0) is 11.3 Å². The van der Waals surface area contributed by atoms with E-state index in [-0.39, 0.29) is 0 Å². The quantitative estimate of drug-likeness (QED) is 0.570. The lowest BCUT2D eigenvalue weighted by molar-refractivity contribution is 0.212. The molecule has 1 aromatic rings. The van der Waals surface area contributed by atoms with Crippen molar-refractivity contribution < 1.29 is 4.84 Å². The Bertz CT molecular complexity index is 376. The van der Waals surface area contributed by atoms with Crippen LogP contribution in [0.3, 0.4) is 0 Å². The maximum Gasteiger partial charge on any atom is 0.106 e. The third-order valence-corrected chi connectivity index (χ3v) is 2.72. The molecular weight excluding hydrogens is 244 g/mol. The van der Waals surface area contributed by atoms with E-state index in [2.05, 4.69) is 32.1 Å². The number of pyridine rings is 1. The SMILES string of the molecule is CON=C1CCCc2ccc(Br)nc21. The van der Waals surface area contributed by atoms with Crippen LogP contribution in [0.5, 0.6) is 0 Å². The Kier molecular flexibility index (Phi) is 2.82. The van der Waals surface area contributed by atoms with Crippen molar-refractivity contribution in [3.05, 3.63) is 28.0 Å². The largest absolute Gasteiger partial charge is 0.399 e. The predicted molar refractivity (Wildman–Crippen MR) is 58.4 cm³/mol. The minimum Gasteiger partial charge on any atom is -0.399 e. The molecule has 1 heterocycles. The topological polar surface area (TPSA) is 34.5 Å². The van der Waals surface area contributed by atoms with Crippen molar-refractivity contribution in [2.75, 3.05) is 7.11 Å². The summed E-state index contributed by atoms with van der Waals surface area (Å²) < 4.78 is 0.849. The molecule has 1 aromatic heterocycles. The van der Waals surface area contributed by atoms with Gasteiger partial charge in [0.2, 0.25) is 0 Å². The van der Waals surface area contributed by atoms with E-state index in [1.807, 2.05) is 6.07 Å². The van der Waals surface area contributed by atoms with Gasteiger partial charge in [0, 0.05) is 0 Å². The molecule has 1 aliphatic rings. The first-order valence-corrected chi connectivity index (χ1v) is 5.36. The maximum atomic E-state index is 4.81. The summed E-state index contributed by atoms with van der Waals surface area (Å²) in [4.78, 5) is 9.23. The Morgan fingerprint density at radius 3 is 3.07 bits per heavy atom. The average molecular weight is 255 g/mol. The van der Waals surface area contributed by atoms with Crippen molar-refractivity contribution in [2.24, 2.45) is 5.16 Å². The highest BCUT2D eigenvalue weighted by Gasteiger charge is 2.17. The molecule has 1 aliphatic carbocycles. The Hall–Kier alpha value is -0.900. The van der Waals surface area contributed by atoms with Crippen LogP contribution in [0.15, 0.2) is 21.9 Å². The fourth-order valence-corrected chi connectivity index (χ4v) is 1.99. The highest BCUT2D eigenvalue weighted by atomic mass is 79.9. The van der Waals surface area contributed by atoms with Crippen molar-refractivity contribution in [3.8, 4) is 0 Å². The van der Waals surface area contributed by atoms with Crippen molar-refractivity contribution >= 4 is 21.6 Å². The molecule has 0 atom stereocenters. The fourth-order valence-electron chi connectivity index (χ4n) is 1.68. The van der Waals surface area contributed by atoms with Gasteiger partial charge < -0.3 is 4.84 Å². The van der Waals surface area contributed by atoms with Gasteiger partial charge in [0.25, 0.3) is 0 Å². The number of nitrogens with zero attached hydrogens (tertiary/aromatic N) is 2. The maximum absolute atomic E-state index is 4.81. The molecule has 14 heavy (non-hydrogen) atoms. The number of aryl methyl sites for hydroxylation is 1. The van der Waals surface area contributed by atoms with Crippen LogP contribution < -0.4 is 0 Å². The van der Waals surface area contributed by atoms with Gasteiger partial charge in [-0.2, -0.15) is 0 Å².